The standard InChI is InChI=1S/C6H5N3O2S/c7-8-9-12(10,11)6-4-2-1-3-5-6/h1-5H/q+1. The summed E-state index contributed by atoms with van der Waals surface area (Å²) < 4.78 is 24.7. The normalized spacial score (nSPS) is 10.3. The Morgan fingerprint density at radius 3 is 2.25 bits per heavy atom. The fraction of sp³-hybridized carbons (Fsp3) is 0. The van der Waals surface area contributed by atoms with Crippen LogP contribution in [0.2, 0.25) is 0 Å². The van der Waals surface area contributed by atoms with Crippen LogP contribution in [0.1, 0.15) is 0 Å². The lowest BCUT2D eigenvalue weighted by Gasteiger charge is -1.88. The lowest BCUT2D eigenvalue weighted by molar-refractivity contribution is 0.593. The second kappa shape index (κ2) is 3.25. The lowest BCUT2D eigenvalue weighted by Crippen LogP contribution is -2.03. The van der Waals surface area contributed by atoms with E-state index in [9.17, 15) is 8.42 Å². The molecule has 5 nitrogen and oxygen atoms in total. The Bertz CT molecular complexity index is 406. The zero-order valence-electron chi connectivity index (χ0n) is 5.95. The van der Waals surface area contributed by atoms with E-state index in [1.165, 1.54) is 12.1 Å². The summed E-state index contributed by atoms with van der Waals surface area (Å²) in [6, 6.07) is 7.52. The maximum Gasteiger partial charge on any atom is 0.357 e. The third-order valence-corrected chi connectivity index (χ3v) is 2.34. The van der Waals surface area contributed by atoms with Gasteiger partial charge in [0.1, 0.15) is 0 Å². The number of nitrogens with zero attached hydrogens (tertiary/aromatic N) is 3. The minimum atomic E-state index is -3.80. The van der Waals surface area contributed by atoms with Gasteiger partial charge in [-0.15, -0.1) is 0 Å². The van der Waals surface area contributed by atoms with Crippen molar-refractivity contribution in [2.24, 2.45) is 0 Å². The Labute approximate surface area is 69.3 Å². The van der Waals surface area contributed by atoms with Gasteiger partial charge in [-0.05, 0) is 12.1 Å². The molecule has 0 aliphatic heterocycles. The zero-order chi connectivity index (χ0) is 9.03. The summed E-state index contributed by atoms with van der Waals surface area (Å²) in [7, 11) is -3.80. The van der Waals surface area contributed by atoms with E-state index in [1.54, 1.807) is 18.2 Å². The van der Waals surface area contributed by atoms with Gasteiger partial charge in [0.05, 0.1) is 4.90 Å². The predicted molar refractivity (Wildman–Crippen MR) is 42.5 cm³/mol. The first-order chi connectivity index (χ1) is 5.67. The summed E-state index contributed by atoms with van der Waals surface area (Å²) in [5, 5.41) is 0. The van der Waals surface area contributed by atoms with Crippen LogP contribution in [-0.4, -0.2) is 8.42 Å². The van der Waals surface area contributed by atoms with Gasteiger partial charge in [-0.2, -0.15) is 8.42 Å². The molecule has 0 aromatic heterocycles. The fourth-order valence-electron chi connectivity index (χ4n) is 0.688. The first-order valence-electron chi connectivity index (χ1n) is 3.03. The Hall–Kier alpha value is -1.52. The molecule has 0 amide bonds. The number of hydrogen-bond donors (Lipinski definition) is 0. The number of sulfonamides is 1. The van der Waals surface area contributed by atoms with Gasteiger partial charge in [-0.3, -0.25) is 0 Å². The molecule has 6 heteroatoms. The number of hydrogen-bond acceptors (Lipinski definition) is 2. The molecule has 1 rings (SSSR count). The van der Waals surface area contributed by atoms with Crippen molar-refractivity contribution in [1.82, 2.24) is 4.52 Å². The highest BCUT2D eigenvalue weighted by Crippen LogP contribution is 2.05. The Kier molecular flexibility index (Phi) is 2.32. The second-order valence-electron chi connectivity index (χ2n) is 1.96. The predicted octanol–water partition coefficient (Wildman–Crippen LogP) is 1.02. The van der Waals surface area contributed by atoms with Crippen LogP contribution in [0.25, 0.3) is 10.4 Å². The third-order valence-electron chi connectivity index (χ3n) is 1.19. The van der Waals surface area contributed by atoms with Gasteiger partial charge in [0.25, 0.3) is 9.43 Å². The molecule has 61 valence electrons. The highest BCUT2D eigenvalue weighted by Gasteiger charge is 2.17. The van der Waals surface area contributed by atoms with E-state index in [0.717, 1.165) is 0 Å². The molecular formula is C6H5N3O2S+. The van der Waals surface area contributed by atoms with Gasteiger partial charge in [-0.1, -0.05) is 18.2 Å². The first-order valence-corrected chi connectivity index (χ1v) is 4.47. The smallest absolute Gasteiger partial charge is 0.193 e. The van der Waals surface area contributed by atoms with Crippen LogP contribution < -0.4 is 4.52 Å². The molecule has 0 aliphatic carbocycles. The summed E-state index contributed by atoms with van der Waals surface area (Å²) in [6.45, 7) is 0. The van der Waals surface area contributed by atoms with Gasteiger partial charge >= 0.3 is 15.6 Å². The molecule has 0 spiro atoms. The van der Waals surface area contributed by atoms with Crippen molar-refractivity contribution in [3.05, 3.63) is 40.8 Å². The van der Waals surface area contributed by atoms with Gasteiger partial charge in [0.15, 0.2) is 0 Å². The summed E-state index contributed by atoms with van der Waals surface area (Å²) >= 11 is 0. The van der Waals surface area contributed by atoms with E-state index in [-0.39, 0.29) is 4.90 Å². The molecule has 0 heterocycles. The molecule has 0 fully saturated rings. The highest BCUT2D eigenvalue weighted by atomic mass is 32.2. The van der Waals surface area contributed by atoms with Crippen LogP contribution in [0.3, 0.4) is 0 Å². The van der Waals surface area contributed by atoms with E-state index < -0.39 is 10.0 Å². The Morgan fingerprint density at radius 2 is 1.75 bits per heavy atom. The van der Waals surface area contributed by atoms with Crippen molar-refractivity contribution < 1.29 is 8.42 Å². The Morgan fingerprint density at radius 1 is 1.17 bits per heavy atom. The summed E-state index contributed by atoms with van der Waals surface area (Å²) in [4.78, 5) is 2.22. The average Bonchev–Trinajstić information content (AvgIpc) is 2.06. The zero-order valence-corrected chi connectivity index (χ0v) is 6.77. The minimum absolute atomic E-state index is 0.00259. The van der Waals surface area contributed by atoms with Gasteiger partial charge in [0, 0.05) is 0 Å². The average molecular weight is 183 g/mol. The van der Waals surface area contributed by atoms with E-state index in [1.807, 2.05) is 0 Å². The third kappa shape index (κ3) is 1.75. The van der Waals surface area contributed by atoms with Crippen LogP contribution in [0.15, 0.2) is 35.2 Å². The maximum atomic E-state index is 11.0. The quantitative estimate of drug-likeness (QED) is 0.389. The van der Waals surface area contributed by atoms with Crippen LogP contribution in [0, 0.1) is 0 Å². The SMILES string of the molecule is [N-]=[N+]=[N+]S(=O)(=O)c1ccccc1. The maximum absolute atomic E-state index is 11.0. The molecule has 0 aliphatic rings. The molecular weight excluding hydrogens is 178 g/mol. The van der Waals surface area contributed by atoms with Crippen LogP contribution in [0.5, 0.6) is 0 Å². The van der Waals surface area contributed by atoms with Crippen molar-refractivity contribution in [3.8, 4) is 0 Å². The van der Waals surface area contributed by atoms with E-state index >= 15 is 0 Å². The first kappa shape index (κ1) is 8.58. The molecule has 0 atom stereocenters. The molecule has 1 radical (unpaired) electrons. The molecule has 0 saturated carbocycles. The molecule has 0 saturated heterocycles. The monoisotopic (exact) mass is 183 g/mol. The second-order valence-corrected chi connectivity index (χ2v) is 3.54. The molecule has 0 N–H and O–H groups in total. The van der Waals surface area contributed by atoms with Gasteiger partial charge in [0.2, 0.25) is 0 Å². The van der Waals surface area contributed by atoms with E-state index in [2.05, 4.69) is 9.43 Å². The van der Waals surface area contributed by atoms with Crippen LogP contribution in [-0.2, 0) is 10.0 Å². The molecule has 0 unspecified atom stereocenters. The summed E-state index contributed by atoms with van der Waals surface area (Å²) in [5.41, 5.74) is 7.94. The fourth-order valence-corrected chi connectivity index (χ4v) is 1.38. The number of rotatable bonds is 2. The molecule has 1 aromatic carbocycles. The summed E-state index contributed by atoms with van der Waals surface area (Å²) in [6.07, 6.45) is 0. The Balaban J connectivity index is 3.25. The molecule has 12 heavy (non-hydrogen) atoms. The van der Waals surface area contributed by atoms with Crippen molar-refractivity contribution in [1.29, 1.82) is 0 Å². The van der Waals surface area contributed by atoms with E-state index in [4.69, 9.17) is 5.53 Å². The number of benzene rings is 1. The molecule has 1 aromatic rings. The van der Waals surface area contributed by atoms with Crippen molar-refractivity contribution >= 4 is 10.0 Å². The highest BCUT2D eigenvalue weighted by molar-refractivity contribution is 7.89. The van der Waals surface area contributed by atoms with Crippen molar-refractivity contribution in [3.63, 3.8) is 0 Å². The van der Waals surface area contributed by atoms with Gasteiger partial charge in [-0.25, -0.2) is 0 Å². The largest absolute Gasteiger partial charge is 0.357 e. The van der Waals surface area contributed by atoms with Crippen molar-refractivity contribution in [2.45, 2.75) is 4.90 Å². The van der Waals surface area contributed by atoms with Gasteiger partial charge < -0.3 is 0 Å². The lowest BCUT2D eigenvalue weighted by atomic mass is 10.4. The topological polar surface area (TPSA) is 84.6 Å². The van der Waals surface area contributed by atoms with Crippen LogP contribution in [0.4, 0.5) is 0 Å². The van der Waals surface area contributed by atoms with Crippen LogP contribution >= 0.6 is 0 Å². The van der Waals surface area contributed by atoms with Crippen molar-refractivity contribution in [2.75, 3.05) is 0 Å². The molecule has 0 bridgehead atoms. The number of azide groups is 1. The minimum Gasteiger partial charge on any atom is -0.193 e. The van der Waals surface area contributed by atoms with E-state index in [0.29, 0.717) is 0 Å². The summed E-state index contributed by atoms with van der Waals surface area (Å²) in [5.74, 6) is 0.